The lowest BCUT2D eigenvalue weighted by Crippen LogP contribution is -2.45. The number of carbonyl (C=O) groups excluding carboxylic acids is 2. The molecule has 3 rings (SSSR count). The lowest BCUT2D eigenvalue weighted by molar-refractivity contribution is -0.136. The Kier molecular flexibility index (Phi) is 2.74. The van der Waals surface area contributed by atoms with E-state index < -0.39 is 17.5 Å². The molecule has 0 aliphatic carbocycles. The molecule has 7 nitrogen and oxygen atoms in total. The number of rotatable bonds is 1. The van der Waals surface area contributed by atoms with Gasteiger partial charge in [0.25, 0.3) is 11.5 Å². The fourth-order valence-corrected chi connectivity index (χ4v) is 2.33. The molecule has 1 fully saturated rings. The van der Waals surface area contributed by atoms with E-state index in [0.29, 0.717) is 5.39 Å². The molecule has 1 aliphatic rings. The SMILES string of the molecule is O=C1CCC(n2ncc3cccc(O)c3c2=O)C(=O)N1. The first-order chi connectivity index (χ1) is 9.58. The van der Waals surface area contributed by atoms with Gasteiger partial charge in [-0.25, -0.2) is 4.68 Å². The molecule has 1 aromatic heterocycles. The Morgan fingerprint density at radius 1 is 1.30 bits per heavy atom. The Morgan fingerprint density at radius 3 is 2.85 bits per heavy atom. The van der Waals surface area contributed by atoms with Crippen molar-refractivity contribution in [3.8, 4) is 5.75 Å². The van der Waals surface area contributed by atoms with E-state index in [1.54, 1.807) is 12.1 Å². The Hall–Kier alpha value is -2.70. The van der Waals surface area contributed by atoms with Crippen molar-refractivity contribution in [2.45, 2.75) is 18.9 Å². The van der Waals surface area contributed by atoms with Crippen LogP contribution in [0.4, 0.5) is 0 Å². The molecule has 1 unspecified atom stereocenters. The molecule has 1 atom stereocenters. The summed E-state index contributed by atoms with van der Waals surface area (Å²) in [5, 5.41) is 16.5. The molecule has 0 bridgehead atoms. The number of aromatic hydroxyl groups is 1. The minimum absolute atomic E-state index is 0.118. The van der Waals surface area contributed by atoms with Crippen LogP contribution in [0.25, 0.3) is 10.8 Å². The topological polar surface area (TPSA) is 101 Å². The van der Waals surface area contributed by atoms with Gasteiger partial charge in [0.15, 0.2) is 0 Å². The number of aromatic nitrogens is 2. The van der Waals surface area contributed by atoms with Crippen molar-refractivity contribution in [3.63, 3.8) is 0 Å². The lowest BCUT2D eigenvalue weighted by Gasteiger charge is -2.21. The highest BCUT2D eigenvalue weighted by atomic mass is 16.3. The largest absolute Gasteiger partial charge is 0.507 e. The second-order valence-corrected chi connectivity index (χ2v) is 4.60. The quantitative estimate of drug-likeness (QED) is 0.716. The smallest absolute Gasteiger partial charge is 0.279 e. The van der Waals surface area contributed by atoms with E-state index in [0.717, 1.165) is 4.68 Å². The van der Waals surface area contributed by atoms with Crippen LogP contribution in [0.2, 0.25) is 0 Å². The Bertz CT molecular complexity index is 781. The number of nitrogens with one attached hydrogen (secondary N) is 1. The maximum absolute atomic E-state index is 12.4. The third-order valence-corrected chi connectivity index (χ3v) is 3.32. The van der Waals surface area contributed by atoms with Gasteiger partial charge in [-0.2, -0.15) is 5.10 Å². The van der Waals surface area contributed by atoms with E-state index in [2.05, 4.69) is 10.4 Å². The molecule has 102 valence electrons. The summed E-state index contributed by atoms with van der Waals surface area (Å²) in [6, 6.07) is 3.83. The van der Waals surface area contributed by atoms with Crippen molar-refractivity contribution in [3.05, 3.63) is 34.7 Å². The van der Waals surface area contributed by atoms with Crippen LogP contribution < -0.4 is 10.9 Å². The average molecular weight is 273 g/mol. The zero-order valence-electron chi connectivity index (χ0n) is 10.4. The van der Waals surface area contributed by atoms with Crippen LogP contribution in [0.15, 0.2) is 29.2 Å². The molecule has 1 saturated heterocycles. The molecule has 7 heteroatoms. The minimum Gasteiger partial charge on any atom is -0.507 e. The van der Waals surface area contributed by atoms with Gasteiger partial charge in [0.05, 0.1) is 11.6 Å². The van der Waals surface area contributed by atoms with Crippen molar-refractivity contribution in [2.24, 2.45) is 0 Å². The predicted octanol–water partition coefficient (Wildman–Crippen LogP) is 0.0798. The van der Waals surface area contributed by atoms with Crippen molar-refractivity contribution in [1.82, 2.24) is 15.1 Å². The monoisotopic (exact) mass is 273 g/mol. The van der Waals surface area contributed by atoms with E-state index in [1.165, 1.54) is 12.3 Å². The van der Waals surface area contributed by atoms with Crippen LogP contribution >= 0.6 is 0 Å². The van der Waals surface area contributed by atoms with Crippen molar-refractivity contribution in [1.29, 1.82) is 0 Å². The van der Waals surface area contributed by atoms with Gasteiger partial charge < -0.3 is 5.11 Å². The van der Waals surface area contributed by atoms with Gasteiger partial charge in [-0.1, -0.05) is 12.1 Å². The fourth-order valence-electron chi connectivity index (χ4n) is 2.33. The Labute approximate surface area is 112 Å². The normalized spacial score (nSPS) is 19.1. The van der Waals surface area contributed by atoms with Gasteiger partial charge in [-0.05, 0) is 12.5 Å². The van der Waals surface area contributed by atoms with Gasteiger partial charge in [-0.3, -0.25) is 19.7 Å². The first-order valence-electron chi connectivity index (χ1n) is 6.11. The average Bonchev–Trinajstić information content (AvgIpc) is 2.40. The summed E-state index contributed by atoms with van der Waals surface area (Å²) in [5.41, 5.74) is -0.546. The van der Waals surface area contributed by atoms with Gasteiger partial charge >= 0.3 is 0 Å². The number of hydrogen-bond donors (Lipinski definition) is 2. The molecule has 0 saturated carbocycles. The number of phenolic OH excluding ortho intramolecular Hbond substituents is 1. The molecule has 0 spiro atoms. The van der Waals surface area contributed by atoms with Crippen LogP contribution in [0.5, 0.6) is 5.75 Å². The van der Waals surface area contributed by atoms with Crippen LogP contribution in [0, 0.1) is 0 Å². The summed E-state index contributed by atoms with van der Waals surface area (Å²) >= 11 is 0. The molecule has 1 aliphatic heterocycles. The van der Waals surface area contributed by atoms with Crippen LogP contribution in [0.3, 0.4) is 0 Å². The van der Waals surface area contributed by atoms with E-state index in [9.17, 15) is 19.5 Å². The Balaban J connectivity index is 2.16. The van der Waals surface area contributed by atoms with Gasteiger partial charge in [0.2, 0.25) is 5.91 Å². The summed E-state index contributed by atoms with van der Waals surface area (Å²) in [5.74, 6) is -1.07. The summed E-state index contributed by atoms with van der Waals surface area (Å²) in [4.78, 5) is 35.3. The summed E-state index contributed by atoms with van der Waals surface area (Å²) in [6.07, 6.45) is 1.79. The number of hydrogen-bond acceptors (Lipinski definition) is 5. The second kappa shape index (κ2) is 4.44. The van der Waals surface area contributed by atoms with Crippen LogP contribution in [-0.4, -0.2) is 26.7 Å². The summed E-state index contributed by atoms with van der Waals surface area (Å²) < 4.78 is 1.02. The number of nitrogens with zero attached hydrogens (tertiary/aromatic N) is 2. The highest BCUT2D eigenvalue weighted by Gasteiger charge is 2.30. The molecule has 2 amide bonds. The first kappa shape index (κ1) is 12.3. The second-order valence-electron chi connectivity index (χ2n) is 4.60. The summed E-state index contributed by atoms with van der Waals surface area (Å²) in [6.45, 7) is 0. The van der Waals surface area contributed by atoms with Gasteiger partial charge in [0.1, 0.15) is 11.8 Å². The number of benzene rings is 1. The van der Waals surface area contributed by atoms with Crippen molar-refractivity contribution >= 4 is 22.6 Å². The van der Waals surface area contributed by atoms with Gasteiger partial charge in [-0.15, -0.1) is 0 Å². The fraction of sp³-hybridized carbons (Fsp3) is 0.231. The molecular weight excluding hydrogens is 262 g/mol. The van der Waals surface area contributed by atoms with Gasteiger partial charge in [0, 0.05) is 11.8 Å². The van der Waals surface area contributed by atoms with Crippen molar-refractivity contribution < 1.29 is 14.7 Å². The Morgan fingerprint density at radius 2 is 2.10 bits per heavy atom. The molecule has 0 radical (unpaired) electrons. The number of piperidine rings is 1. The lowest BCUT2D eigenvalue weighted by atomic mass is 10.1. The highest BCUT2D eigenvalue weighted by Crippen LogP contribution is 2.22. The van der Waals surface area contributed by atoms with Crippen LogP contribution in [-0.2, 0) is 9.59 Å². The number of phenols is 1. The molecule has 2 N–H and O–H groups in total. The van der Waals surface area contributed by atoms with E-state index in [-0.39, 0.29) is 29.9 Å². The molecule has 20 heavy (non-hydrogen) atoms. The van der Waals surface area contributed by atoms with E-state index in [1.807, 2.05) is 0 Å². The van der Waals surface area contributed by atoms with E-state index in [4.69, 9.17) is 0 Å². The number of fused-ring (bicyclic) bond motifs is 1. The zero-order chi connectivity index (χ0) is 14.3. The minimum atomic E-state index is -0.829. The first-order valence-corrected chi connectivity index (χ1v) is 6.11. The maximum atomic E-state index is 12.4. The number of imide groups is 1. The van der Waals surface area contributed by atoms with Crippen LogP contribution in [0.1, 0.15) is 18.9 Å². The molecule has 1 aromatic carbocycles. The standard InChI is InChI=1S/C13H11N3O4/c17-9-3-1-2-7-6-14-16(13(20)11(7)9)8-4-5-10(18)15-12(8)19/h1-3,6,8,17H,4-5H2,(H,15,18,19). The summed E-state index contributed by atoms with van der Waals surface area (Å²) in [7, 11) is 0. The molecule has 2 aromatic rings. The van der Waals surface area contributed by atoms with Crippen molar-refractivity contribution in [2.75, 3.05) is 0 Å². The predicted molar refractivity (Wildman–Crippen MR) is 69.1 cm³/mol. The molecule has 2 heterocycles. The third-order valence-electron chi connectivity index (χ3n) is 3.32. The number of amides is 2. The highest BCUT2D eigenvalue weighted by molar-refractivity contribution is 5.99. The number of carbonyl (C=O) groups is 2. The third kappa shape index (κ3) is 1.83. The van der Waals surface area contributed by atoms with E-state index >= 15 is 0 Å². The maximum Gasteiger partial charge on any atom is 0.279 e. The molecular formula is C13H11N3O4. The zero-order valence-corrected chi connectivity index (χ0v) is 10.4.